The highest BCUT2D eigenvalue weighted by atomic mass is 19.4. The fourth-order valence-corrected chi connectivity index (χ4v) is 3.25. The van der Waals surface area contributed by atoms with Crippen molar-refractivity contribution >= 4 is 40.7 Å². The lowest BCUT2D eigenvalue weighted by atomic mass is 10.1. The molecule has 7 nitrogen and oxygen atoms in total. The normalized spacial score (nSPS) is 13.6. The zero-order chi connectivity index (χ0) is 23.4. The van der Waals surface area contributed by atoms with Crippen LogP contribution in [0.5, 0.6) is 0 Å². The van der Waals surface area contributed by atoms with Crippen molar-refractivity contribution in [3.8, 4) is 0 Å². The molecule has 0 radical (unpaired) electrons. The zero-order valence-electron chi connectivity index (χ0n) is 17.2. The lowest BCUT2D eigenvalue weighted by Gasteiger charge is -2.07. The summed E-state index contributed by atoms with van der Waals surface area (Å²) in [6.45, 7) is 0.626. The molecule has 0 bridgehead atoms. The average Bonchev–Trinajstić information content (AvgIpc) is 3.02. The molecule has 0 aliphatic carbocycles. The van der Waals surface area contributed by atoms with Gasteiger partial charge in [0.2, 0.25) is 5.91 Å². The highest BCUT2D eigenvalue weighted by Crippen LogP contribution is 2.31. The molecule has 1 aromatic heterocycles. The molecule has 1 aliphatic heterocycles. The number of anilines is 3. The SMILES string of the molecule is Nc1ncnc2c1N=C(c1ccc(NC(=O)C=Cc3cccc(C(F)(F)F)c3)cc1)CCN2. The van der Waals surface area contributed by atoms with Crippen LogP contribution in [0.15, 0.2) is 65.9 Å². The molecule has 0 spiro atoms. The number of halogens is 3. The molecule has 2 heterocycles. The monoisotopic (exact) mass is 452 g/mol. The molecule has 33 heavy (non-hydrogen) atoms. The molecule has 0 fully saturated rings. The molecule has 4 N–H and O–H groups in total. The fourth-order valence-electron chi connectivity index (χ4n) is 3.25. The summed E-state index contributed by atoms with van der Waals surface area (Å²) in [5, 5.41) is 5.85. The number of aliphatic imine (C=N–C) groups is 1. The van der Waals surface area contributed by atoms with Crippen molar-refractivity contribution < 1.29 is 18.0 Å². The van der Waals surface area contributed by atoms with E-state index in [2.05, 4.69) is 25.6 Å². The standard InChI is InChI=1S/C23H19F3N6O/c24-23(25,26)16-3-1-2-14(12-16)4-9-19(33)31-17-7-5-15(6-8-17)18-10-11-28-22-20(32-18)21(27)29-13-30-22/h1-9,12-13H,10-11H2,(H,31,33)(H3,27,28,29,30). The molecule has 0 saturated carbocycles. The van der Waals surface area contributed by atoms with Gasteiger partial charge < -0.3 is 16.4 Å². The van der Waals surface area contributed by atoms with Gasteiger partial charge >= 0.3 is 6.18 Å². The maximum Gasteiger partial charge on any atom is 0.416 e. The lowest BCUT2D eigenvalue weighted by molar-refractivity contribution is -0.137. The van der Waals surface area contributed by atoms with Crippen LogP contribution in [0.25, 0.3) is 6.08 Å². The number of benzene rings is 2. The van der Waals surface area contributed by atoms with Gasteiger partial charge in [-0.05, 0) is 41.5 Å². The first kappa shape index (κ1) is 22.0. The predicted molar refractivity (Wildman–Crippen MR) is 121 cm³/mol. The van der Waals surface area contributed by atoms with Crippen LogP contribution in [0.3, 0.4) is 0 Å². The fraction of sp³-hybridized carbons (Fsp3) is 0.130. The first-order valence-corrected chi connectivity index (χ1v) is 9.98. The minimum absolute atomic E-state index is 0.277. The smallest absolute Gasteiger partial charge is 0.382 e. The number of nitrogens with zero attached hydrogens (tertiary/aromatic N) is 3. The van der Waals surface area contributed by atoms with Gasteiger partial charge in [0.25, 0.3) is 0 Å². The molecule has 0 unspecified atom stereocenters. The number of hydrogen-bond acceptors (Lipinski definition) is 6. The Hall–Kier alpha value is -4.21. The van der Waals surface area contributed by atoms with Crippen LogP contribution >= 0.6 is 0 Å². The number of nitrogen functional groups attached to an aromatic ring is 1. The van der Waals surface area contributed by atoms with Crippen molar-refractivity contribution in [3.63, 3.8) is 0 Å². The average molecular weight is 452 g/mol. The summed E-state index contributed by atoms with van der Waals surface area (Å²) in [4.78, 5) is 24.9. The van der Waals surface area contributed by atoms with Gasteiger partial charge in [0.05, 0.1) is 11.3 Å². The zero-order valence-corrected chi connectivity index (χ0v) is 17.2. The number of alkyl halides is 3. The van der Waals surface area contributed by atoms with Crippen LogP contribution in [-0.4, -0.2) is 28.1 Å². The van der Waals surface area contributed by atoms with E-state index in [1.54, 1.807) is 12.1 Å². The predicted octanol–water partition coefficient (Wildman–Crippen LogP) is 4.67. The molecule has 168 valence electrons. The van der Waals surface area contributed by atoms with Gasteiger partial charge in [-0.25, -0.2) is 15.0 Å². The maximum absolute atomic E-state index is 12.8. The van der Waals surface area contributed by atoms with Crippen LogP contribution in [-0.2, 0) is 11.0 Å². The van der Waals surface area contributed by atoms with Crippen LogP contribution in [0, 0.1) is 0 Å². The Morgan fingerprint density at radius 3 is 2.67 bits per heavy atom. The Balaban J connectivity index is 1.44. The van der Waals surface area contributed by atoms with Crippen molar-refractivity contribution in [1.29, 1.82) is 0 Å². The maximum atomic E-state index is 12.8. The van der Waals surface area contributed by atoms with E-state index in [1.807, 2.05) is 12.1 Å². The number of carbonyl (C=O) groups excluding carboxylic acids is 1. The number of fused-ring (bicyclic) bond motifs is 1. The van der Waals surface area contributed by atoms with Gasteiger partial charge in [-0.15, -0.1) is 0 Å². The molecular weight excluding hydrogens is 433 g/mol. The minimum atomic E-state index is -4.44. The molecule has 0 saturated heterocycles. The van der Waals surface area contributed by atoms with Crippen molar-refractivity contribution in [2.24, 2.45) is 4.99 Å². The summed E-state index contributed by atoms with van der Waals surface area (Å²) in [5.74, 6) is 0.396. The molecule has 0 atom stereocenters. The van der Waals surface area contributed by atoms with E-state index < -0.39 is 17.6 Å². The van der Waals surface area contributed by atoms with Gasteiger partial charge in [-0.3, -0.25) is 4.79 Å². The number of carbonyl (C=O) groups is 1. The second-order valence-corrected chi connectivity index (χ2v) is 7.21. The third-order valence-electron chi connectivity index (χ3n) is 4.88. The first-order chi connectivity index (χ1) is 15.8. The third-order valence-corrected chi connectivity index (χ3v) is 4.88. The van der Waals surface area contributed by atoms with Gasteiger partial charge in [-0.2, -0.15) is 13.2 Å². The Kier molecular flexibility index (Phi) is 6.07. The quantitative estimate of drug-likeness (QED) is 0.499. The van der Waals surface area contributed by atoms with E-state index in [9.17, 15) is 18.0 Å². The number of aromatic nitrogens is 2. The molecule has 10 heteroatoms. The minimum Gasteiger partial charge on any atom is -0.382 e. The number of rotatable bonds is 4. The molecule has 2 aromatic carbocycles. The van der Waals surface area contributed by atoms with E-state index in [-0.39, 0.29) is 11.4 Å². The van der Waals surface area contributed by atoms with Crippen LogP contribution in [0.4, 0.5) is 36.2 Å². The molecule has 3 aromatic rings. The number of hydrogen-bond donors (Lipinski definition) is 3. The van der Waals surface area contributed by atoms with E-state index in [0.717, 1.165) is 23.4 Å². The Bertz CT molecular complexity index is 1240. The Labute approximate surface area is 187 Å². The summed E-state index contributed by atoms with van der Waals surface area (Å²) in [6.07, 6.45) is 0.0918. The molecule has 1 aliphatic rings. The van der Waals surface area contributed by atoms with Crippen molar-refractivity contribution in [2.45, 2.75) is 12.6 Å². The van der Waals surface area contributed by atoms with E-state index in [4.69, 9.17) is 5.73 Å². The van der Waals surface area contributed by atoms with Crippen LogP contribution in [0.2, 0.25) is 0 Å². The number of nitrogens with one attached hydrogen (secondary N) is 2. The highest BCUT2D eigenvalue weighted by Gasteiger charge is 2.30. The van der Waals surface area contributed by atoms with Gasteiger partial charge in [0, 0.05) is 24.7 Å². The van der Waals surface area contributed by atoms with E-state index in [0.29, 0.717) is 30.2 Å². The second kappa shape index (κ2) is 9.11. The van der Waals surface area contributed by atoms with Crippen LogP contribution < -0.4 is 16.4 Å². The highest BCUT2D eigenvalue weighted by molar-refractivity contribution is 6.05. The summed E-state index contributed by atoms with van der Waals surface area (Å²) >= 11 is 0. The van der Waals surface area contributed by atoms with Gasteiger partial charge in [0.1, 0.15) is 12.0 Å². The van der Waals surface area contributed by atoms with Crippen molar-refractivity contribution in [2.75, 3.05) is 22.9 Å². The summed E-state index contributed by atoms with van der Waals surface area (Å²) in [7, 11) is 0. The Morgan fingerprint density at radius 1 is 1.12 bits per heavy atom. The summed E-state index contributed by atoms with van der Waals surface area (Å²) < 4.78 is 38.4. The molecule has 1 amide bonds. The molecule has 4 rings (SSSR count). The third kappa shape index (κ3) is 5.35. The van der Waals surface area contributed by atoms with E-state index >= 15 is 0 Å². The van der Waals surface area contributed by atoms with Crippen molar-refractivity contribution in [1.82, 2.24) is 9.97 Å². The number of nitrogens with two attached hydrogens (primary N) is 1. The largest absolute Gasteiger partial charge is 0.416 e. The van der Waals surface area contributed by atoms with Crippen LogP contribution in [0.1, 0.15) is 23.1 Å². The van der Waals surface area contributed by atoms with Gasteiger partial charge in [0.15, 0.2) is 11.6 Å². The topological polar surface area (TPSA) is 105 Å². The van der Waals surface area contributed by atoms with Gasteiger partial charge in [-0.1, -0.05) is 24.3 Å². The molecular formula is C23H19F3N6O. The second-order valence-electron chi connectivity index (χ2n) is 7.21. The van der Waals surface area contributed by atoms with E-state index in [1.165, 1.54) is 30.6 Å². The lowest BCUT2D eigenvalue weighted by Crippen LogP contribution is -2.09. The number of amides is 1. The first-order valence-electron chi connectivity index (χ1n) is 9.98. The Morgan fingerprint density at radius 2 is 1.91 bits per heavy atom. The summed E-state index contributed by atoms with van der Waals surface area (Å²) in [5.41, 5.74) is 8.10. The summed E-state index contributed by atoms with van der Waals surface area (Å²) in [6, 6.07) is 11.8. The van der Waals surface area contributed by atoms with Crippen molar-refractivity contribution in [3.05, 3.63) is 77.6 Å².